The Kier molecular flexibility index (Phi) is 5.82. The van der Waals surface area contributed by atoms with Crippen molar-refractivity contribution in [3.8, 4) is 5.75 Å². The van der Waals surface area contributed by atoms with Crippen LogP contribution in [-0.2, 0) is 0 Å². The Morgan fingerprint density at radius 2 is 1.74 bits per heavy atom. The van der Waals surface area contributed by atoms with Gasteiger partial charge < -0.3 is 9.64 Å². The van der Waals surface area contributed by atoms with Gasteiger partial charge in [-0.05, 0) is 63.3 Å². The summed E-state index contributed by atoms with van der Waals surface area (Å²) in [6.45, 7) is 2.14. The van der Waals surface area contributed by atoms with Crippen LogP contribution in [0, 0.1) is 0 Å². The van der Waals surface area contributed by atoms with Crippen LogP contribution in [0.1, 0.15) is 34.8 Å². The number of nitrogens with zero attached hydrogens (tertiary/aromatic N) is 3. The molecule has 2 heterocycles. The molecule has 0 spiro atoms. The van der Waals surface area contributed by atoms with Crippen molar-refractivity contribution in [1.29, 1.82) is 0 Å². The summed E-state index contributed by atoms with van der Waals surface area (Å²) in [6, 6.07) is 15.2. The molecule has 0 bridgehead atoms. The highest BCUT2D eigenvalue weighted by atomic mass is 35.5. The van der Waals surface area contributed by atoms with Gasteiger partial charge in [0.05, 0.1) is 18.3 Å². The molecule has 2 aromatic carbocycles. The number of halogens is 1. The van der Waals surface area contributed by atoms with Crippen LogP contribution >= 0.6 is 12.4 Å². The lowest BCUT2D eigenvalue weighted by atomic mass is 9.92. The average Bonchev–Trinajstić information content (AvgIpc) is 3.08. The third-order valence-electron chi connectivity index (χ3n) is 5.25. The van der Waals surface area contributed by atoms with E-state index in [-0.39, 0.29) is 18.3 Å². The van der Waals surface area contributed by atoms with Gasteiger partial charge in [0.2, 0.25) is 0 Å². The number of carbonyl (C=O) groups is 1. The molecule has 3 aromatic rings. The number of hydrogen-bond acceptors (Lipinski definition) is 4. The highest BCUT2D eigenvalue weighted by Crippen LogP contribution is 2.32. The fourth-order valence-corrected chi connectivity index (χ4v) is 3.68. The topological polar surface area (TPSA) is 47.4 Å². The third kappa shape index (κ3) is 3.70. The second-order valence-corrected chi connectivity index (χ2v) is 6.93. The SMILES string of the molecule is COc1ccc(C(=O)n2nc(C3CCN(C)CC3)c3ccccc32)cc1.Cl. The number of likely N-dealkylation sites (tertiary alicyclic amines) is 1. The van der Waals surface area contributed by atoms with E-state index in [0.29, 0.717) is 11.5 Å². The van der Waals surface area contributed by atoms with Gasteiger partial charge in [0.15, 0.2) is 0 Å². The quantitative estimate of drug-likeness (QED) is 0.684. The molecule has 142 valence electrons. The van der Waals surface area contributed by atoms with Crippen LogP contribution in [0.4, 0.5) is 0 Å². The Balaban J connectivity index is 0.00000210. The van der Waals surface area contributed by atoms with E-state index in [0.717, 1.165) is 48.3 Å². The van der Waals surface area contributed by atoms with Crippen LogP contribution in [0.15, 0.2) is 48.5 Å². The number of hydrogen-bond donors (Lipinski definition) is 0. The first kappa shape index (κ1) is 19.4. The van der Waals surface area contributed by atoms with Crippen molar-refractivity contribution in [1.82, 2.24) is 14.7 Å². The molecule has 1 aromatic heterocycles. The molecule has 0 radical (unpaired) electrons. The van der Waals surface area contributed by atoms with E-state index >= 15 is 0 Å². The summed E-state index contributed by atoms with van der Waals surface area (Å²) in [4.78, 5) is 15.4. The molecule has 0 aliphatic carbocycles. The van der Waals surface area contributed by atoms with Crippen LogP contribution in [0.5, 0.6) is 5.75 Å². The van der Waals surface area contributed by atoms with Crippen LogP contribution in [0.2, 0.25) is 0 Å². The molecular weight excluding hydrogens is 362 g/mol. The van der Waals surface area contributed by atoms with Crippen molar-refractivity contribution in [3.63, 3.8) is 0 Å². The molecule has 1 saturated heterocycles. The minimum absolute atomic E-state index is 0. The maximum absolute atomic E-state index is 13.1. The van der Waals surface area contributed by atoms with Gasteiger partial charge in [-0.3, -0.25) is 4.79 Å². The summed E-state index contributed by atoms with van der Waals surface area (Å²) in [5.74, 6) is 1.03. The first-order valence-electron chi connectivity index (χ1n) is 9.02. The van der Waals surface area contributed by atoms with Gasteiger partial charge in [-0.1, -0.05) is 18.2 Å². The number of rotatable bonds is 3. The molecule has 0 unspecified atom stereocenters. The number of methoxy groups -OCH3 is 1. The summed E-state index contributed by atoms with van der Waals surface area (Å²) < 4.78 is 6.74. The number of piperidine rings is 1. The van der Waals surface area contributed by atoms with Crippen molar-refractivity contribution in [2.24, 2.45) is 0 Å². The smallest absolute Gasteiger partial charge is 0.278 e. The molecule has 1 fully saturated rings. The number of aromatic nitrogens is 2. The third-order valence-corrected chi connectivity index (χ3v) is 5.25. The largest absolute Gasteiger partial charge is 0.497 e. The summed E-state index contributed by atoms with van der Waals surface area (Å²) in [6.07, 6.45) is 2.16. The van der Waals surface area contributed by atoms with E-state index in [1.165, 1.54) is 0 Å². The van der Waals surface area contributed by atoms with Crippen molar-refractivity contribution in [2.75, 3.05) is 27.2 Å². The van der Waals surface area contributed by atoms with Gasteiger partial charge in [-0.25, -0.2) is 0 Å². The zero-order chi connectivity index (χ0) is 18.1. The first-order chi connectivity index (χ1) is 12.7. The Labute approximate surface area is 165 Å². The average molecular weight is 386 g/mol. The van der Waals surface area contributed by atoms with E-state index in [4.69, 9.17) is 9.84 Å². The monoisotopic (exact) mass is 385 g/mol. The van der Waals surface area contributed by atoms with E-state index in [1.54, 1.807) is 36.1 Å². The molecule has 4 rings (SSSR count). The van der Waals surface area contributed by atoms with Gasteiger partial charge in [0.25, 0.3) is 5.91 Å². The van der Waals surface area contributed by atoms with Crippen LogP contribution in [0.3, 0.4) is 0 Å². The Morgan fingerprint density at radius 3 is 2.41 bits per heavy atom. The minimum Gasteiger partial charge on any atom is -0.497 e. The van der Waals surface area contributed by atoms with Gasteiger partial charge in [-0.15, -0.1) is 12.4 Å². The molecule has 5 nitrogen and oxygen atoms in total. The number of ether oxygens (including phenoxy) is 1. The van der Waals surface area contributed by atoms with Crippen molar-refractivity contribution in [3.05, 3.63) is 59.8 Å². The van der Waals surface area contributed by atoms with E-state index in [2.05, 4.69) is 18.0 Å². The molecule has 0 atom stereocenters. The molecule has 1 aliphatic rings. The maximum Gasteiger partial charge on any atom is 0.278 e. The predicted octanol–water partition coefficient (Wildman–Crippen LogP) is 3.96. The van der Waals surface area contributed by atoms with E-state index < -0.39 is 0 Å². The highest BCUT2D eigenvalue weighted by Gasteiger charge is 2.25. The summed E-state index contributed by atoms with van der Waals surface area (Å²) >= 11 is 0. The van der Waals surface area contributed by atoms with Crippen molar-refractivity contribution >= 4 is 29.2 Å². The fraction of sp³-hybridized carbons (Fsp3) is 0.333. The summed E-state index contributed by atoms with van der Waals surface area (Å²) in [5, 5.41) is 5.86. The fourth-order valence-electron chi connectivity index (χ4n) is 3.68. The Morgan fingerprint density at radius 1 is 1.07 bits per heavy atom. The van der Waals surface area contributed by atoms with E-state index in [1.807, 2.05) is 18.2 Å². The Bertz CT molecular complexity index is 928. The van der Waals surface area contributed by atoms with Gasteiger partial charge in [0, 0.05) is 16.9 Å². The number of fused-ring (bicyclic) bond motifs is 1. The number of benzene rings is 2. The predicted molar refractivity (Wildman–Crippen MR) is 109 cm³/mol. The summed E-state index contributed by atoms with van der Waals surface area (Å²) in [7, 11) is 3.77. The second kappa shape index (κ2) is 8.11. The molecule has 6 heteroatoms. The lowest BCUT2D eigenvalue weighted by Crippen LogP contribution is -2.29. The van der Waals surface area contributed by atoms with Crippen molar-refractivity contribution < 1.29 is 9.53 Å². The standard InChI is InChI=1S/C21H23N3O2.ClH/c1-23-13-11-15(12-14-23)20-18-5-3-4-6-19(18)24(22-20)21(25)16-7-9-17(26-2)10-8-16;/h3-10,15H,11-14H2,1-2H3;1H. The molecular formula is C21H24ClN3O2. The zero-order valence-electron chi connectivity index (χ0n) is 15.6. The maximum atomic E-state index is 13.1. The Hall–Kier alpha value is -2.37. The van der Waals surface area contributed by atoms with Crippen LogP contribution in [0.25, 0.3) is 10.9 Å². The lowest BCUT2D eigenvalue weighted by Gasteiger charge is -2.28. The summed E-state index contributed by atoms with van der Waals surface area (Å²) in [5.41, 5.74) is 2.53. The molecule has 27 heavy (non-hydrogen) atoms. The normalized spacial score (nSPS) is 15.5. The molecule has 0 amide bonds. The minimum atomic E-state index is -0.108. The lowest BCUT2D eigenvalue weighted by molar-refractivity contribution is 0.0949. The van der Waals surface area contributed by atoms with Crippen molar-refractivity contribution in [2.45, 2.75) is 18.8 Å². The van der Waals surface area contributed by atoms with Crippen LogP contribution in [-0.4, -0.2) is 47.8 Å². The van der Waals surface area contributed by atoms with Gasteiger partial charge in [0.1, 0.15) is 5.75 Å². The second-order valence-electron chi connectivity index (χ2n) is 6.93. The molecule has 1 aliphatic heterocycles. The number of para-hydroxylation sites is 1. The van der Waals surface area contributed by atoms with Gasteiger partial charge in [-0.2, -0.15) is 9.78 Å². The van der Waals surface area contributed by atoms with E-state index in [9.17, 15) is 4.79 Å². The highest BCUT2D eigenvalue weighted by molar-refractivity contribution is 6.01. The first-order valence-corrected chi connectivity index (χ1v) is 9.02. The molecule has 0 saturated carbocycles. The number of carbonyl (C=O) groups excluding carboxylic acids is 1. The molecule has 0 N–H and O–H groups in total. The zero-order valence-corrected chi connectivity index (χ0v) is 16.4. The van der Waals surface area contributed by atoms with Crippen LogP contribution < -0.4 is 4.74 Å². The van der Waals surface area contributed by atoms with Gasteiger partial charge >= 0.3 is 0 Å².